The summed E-state index contributed by atoms with van der Waals surface area (Å²) in [5, 5.41) is 0. The van der Waals surface area contributed by atoms with Crippen molar-refractivity contribution in [1.82, 2.24) is 0 Å². The van der Waals surface area contributed by atoms with Gasteiger partial charge >= 0.3 is 0 Å². The maximum Gasteiger partial charge on any atom is 0.260 e. The van der Waals surface area contributed by atoms with Crippen molar-refractivity contribution in [3.8, 4) is 0 Å². The minimum atomic E-state index is -0.336. The van der Waals surface area contributed by atoms with E-state index in [1.807, 2.05) is 19.0 Å². The van der Waals surface area contributed by atoms with Crippen LogP contribution in [-0.2, 0) is 0 Å². The molecular weight excluding hydrogens is 269 g/mol. The number of nitrogen functional groups attached to an aromatic ring is 1. The van der Waals surface area contributed by atoms with Crippen LogP contribution in [0.2, 0.25) is 0 Å². The number of nitrogens with two attached hydrogens (primary N) is 1. The highest BCUT2D eigenvalue weighted by Gasteiger charge is 2.18. The maximum absolute atomic E-state index is 13.0. The molecule has 0 unspecified atom stereocenters. The van der Waals surface area contributed by atoms with Crippen LogP contribution in [0.5, 0.6) is 0 Å². The first kappa shape index (κ1) is 14.8. The van der Waals surface area contributed by atoms with Crippen LogP contribution in [0.15, 0.2) is 42.5 Å². The number of anilines is 3. The molecule has 0 saturated carbocycles. The summed E-state index contributed by atoms with van der Waals surface area (Å²) in [5.41, 5.74) is 8.22. The third kappa shape index (κ3) is 3.13. The quantitative estimate of drug-likeness (QED) is 0.883. The van der Waals surface area contributed by atoms with E-state index in [0.717, 1.165) is 5.69 Å². The van der Waals surface area contributed by atoms with Crippen LogP contribution in [0.1, 0.15) is 10.4 Å². The van der Waals surface area contributed by atoms with Crippen LogP contribution < -0.4 is 15.5 Å². The van der Waals surface area contributed by atoms with Crippen LogP contribution in [0.25, 0.3) is 0 Å². The lowest BCUT2D eigenvalue weighted by Crippen LogP contribution is -2.28. The van der Waals surface area contributed by atoms with E-state index < -0.39 is 0 Å². The van der Waals surface area contributed by atoms with Gasteiger partial charge in [-0.15, -0.1) is 0 Å². The molecule has 5 heteroatoms. The van der Waals surface area contributed by atoms with Crippen molar-refractivity contribution < 1.29 is 9.18 Å². The molecule has 2 rings (SSSR count). The average Bonchev–Trinajstić information content (AvgIpc) is 2.46. The van der Waals surface area contributed by atoms with E-state index in [-0.39, 0.29) is 11.7 Å². The van der Waals surface area contributed by atoms with Gasteiger partial charge in [-0.25, -0.2) is 4.39 Å². The van der Waals surface area contributed by atoms with Crippen molar-refractivity contribution in [3.05, 3.63) is 53.8 Å². The van der Waals surface area contributed by atoms with E-state index in [4.69, 9.17) is 5.73 Å². The Balaban J connectivity index is 2.39. The number of halogens is 1. The highest BCUT2D eigenvalue weighted by molar-refractivity contribution is 6.09. The molecule has 4 nitrogen and oxygen atoms in total. The Bertz CT molecular complexity index is 653. The van der Waals surface area contributed by atoms with Crippen molar-refractivity contribution in [3.63, 3.8) is 0 Å². The second-order valence-electron chi connectivity index (χ2n) is 5.01. The molecule has 2 aromatic carbocycles. The molecule has 21 heavy (non-hydrogen) atoms. The highest BCUT2D eigenvalue weighted by Crippen LogP contribution is 2.25. The zero-order valence-corrected chi connectivity index (χ0v) is 12.3. The van der Waals surface area contributed by atoms with Crippen molar-refractivity contribution in [2.75, 3.05) is 36.7 Å². The summed E-state index contributed by atoms with van der Waals surface area (Å²) in [4.78, 5) is 16.0. The van der Waals surface area contributed by atoms with Gasteiger partial charge in [0, 0.05) is 38.2 Å². The number of carbonyl (C=O) groups is 1. The highest BCUT2D eigenvalue weighted by atomic mass is 19.1. The van der Waals surface area contributed by atoms with Gasteiger partial charge in [0.2, 0.25) is 0 Å². The molecule has 0 atom stereocenters. The molecule has 2 aromatic rings. The monoisotopic (exact) mass is 287 g/mol. The van der Waals surface area contributed by atoms with E-state index in [2.05, 4.69) is 0 Å². The van der Waals surface area contributed by atoms with Gasteiger partial charge < -0.3 is 15.5 Å². The van der Waals surface area contributed by atoms with Gasteiger partial charge in [0.05, 0.1) is 5.56 Å². The van der Waals surface area contributed by atoms with Gasteiger partial charge in [-0.2, -0.15) is 0 Å². The Kier molecular flexibility index (Phi) is 4.12. The van der Waals surface area contributed by atoms with E-state index in [9.17, 15) is 9.18 Å². The third-order valence-electron chi connectivity index (χ3n) is 3.25. The summed E-state index contributed by atoms with van der Waals surface area (Å²) in [7, 11) is 5.37. The van der Waals surface area contributed by atoms with E-state index >= 15 is 0 Å². The molecule has 0 aliphatic carbocycles. The van der Waals surface area contributed by atoms with Crippen LogP contribution >= 0.6 is 0 Å². The topological polar surface area (TPSA) is 49.6 Å². The van der Waals surface area contributed by atoms with E-state index in [0.29, 0.717) is 16.9 Å². The first-order chi connectivity index (χ1) is 9.90. The lowest BCUT2D eigenvalue weighted by Gasteiger charge is -2.22. The smallest absolute Gasteiger partial charge is 0.260 e. The van der Waals surface area contributed by atoms with Crippen LogP contribution in [0, 0.1) is 5.82 Å². The molecule has 0 spiro atoms. The number of carbonyl (C=O) groups excluding carboxylic acids is 1. The average molecular weight is 287 g/mol. The summed E-state index contributed by atoms with van der Waals surface area (Å²) in [5.74, 6) is -0.532. The number of hydrogen-bond donors (Lipinski definition) is 1. The fraction of sp³-hybridized carbons (Fsp3) is 0.188. The zero-order valence-electron chi connectivity index (χ0n) is 12.3. The van der Waals surface area contributed by atoms with Crippen molar-refractivity contribution in [1.29, 1.82) is 0 Å². The van der Waals surface area contributed by atoms with Gasteiger partial charge in [0.1, 0.15) is 5.82 Å². The second kappa shape index (κ2) is 5.83. The Morgan fingerprint density at radius 2 is 1.67 bits per heavy atom. The van der Waals surface area contributed by atoms with E-state index in [1.54, 1.807) is 37.4 Å². The Morgan fingerprint density at radius 3 is 2.24 bits per heavy atom. The molecule has 0 saturated heterocycles. The lowest BCUT2D eigenvalue weighted by molar-refractivity contribution is 0.0993. The summed E-state index contributed by atoms with van der Waals surface area (Å²) in [6.07, 6.45) is 0. The van der Waals surface area contributed by atoms with Crippen molar-refractivity contribution in [2.24, 2.45) is 0 Å². The first-order valence-corrected chi connectivity index (χ1v) is 6.50. The number of benzene rings is 2. The Hall–Kier alpha value is -2.56. The summed E-state index contributed by atoms with van der Waals surface area (Å²) in [6.45, 7) is 0. The van der Waals surface area contributed by atoms with Gasteiger partial charge in [0.15, 0.2) is 0 Å². The SMILES string of the molecule is CN(C)c1ccc(N)cc1C(=O)N(C)c1ccc(F)cc1. The number of nitrogens with zero attached hydrogens (tertiary/aromatic N) is 2. The summed E-state index contributed by atoms with van der Waals surface area (Å²) >= 11 is 0. The van der Waals surface area contributed by atoms with E-state index in [1.165, 1.54) is 17.0 Å². The predicted molar refractivity (Wildman–Crippen MR) is 84.3 cm³/mol. The molecule has 0 aliphatic heterocycles. The van der Waals surface area contributed by atoms with Crippen molar-refractivity contribution >= 4 is 23.0 Å². The largest absolute Gasteiger partial charge is 0.399 e. The molecule has 0 aliphatic rings. The first-order valence-electron chi connectivity index (χ1n) is 6.50. The number of hydrogen-bond acceptors (Lipinski definition) is 3. The van der Waals surface area contributed by atoms with Crippen LogP contribution in [0.4, 0.5) is 21.5 Å². The van der Waals surface area contributed by atoms with Gasteiger partial charge in [-0.3, -0.25) is 4.79 Å². The van der Waals surface area contributed by atoms with Gasteiger partial charge in [-0.1, -0.05) is 0 Å². The molecule has 0 heterocycles. The Morgan fingerprint density at radius 1 is 1.05 bits per heavy atom. The molecular formula is C16H18FN3O. The third-order valence-corrected chi connectivity index (χ3v) is 3.25. The number of rotatable bonds is 3. The standard InChI is InChI=1S/C16H18FN3O/c1-19(2)15-9-6-12(18)10-14(15)16(21)20(3)13-7-4-11(17)5-8-13/h4-10H,18H2,1-3H3. The normalized spacial score (nSPS) is 10.3. The molecule has 0 fully saturated rings. The minimum Gasteiger partial charge on any atom is -0.399 e. The molecule has 0 aromatic heterocycles. The minimum absolute atomic E-state index is 0.197. The summed E-state index contributed by atoms with van der Waals surface area (Å²) < 4.78 is 13.0. The Labute approximate surface area is 123 Å². The lowest BCUT2D eigenvalue weighted by atomic mass is 10.1. The fourth-order valence-electron chi connectivity index (χ4n) is 2.08. The predicted octanol–water partition coefficient (Wildman–Crippen LogP) is 2.75. The molecule has 2 N–H and O–H groups in total. The summed E-state index contributed by atoms with van der Waals surface area (Å²) in [6, 6.07) is 11.0. The van der Waals surface area contributed by atoms with Crippen molar-refractivity contribution in [2.45, 2.75) is 0 Å². The second-order valence-corrected chi connectivity index (χ2v) is 5.01. The van der Waals surface area contributed by atoms with Gasteiger partial charge in [-0.05, 0) is 42.5 Å². The van der Waals surface area contributed by atoms with Gasteiger partial charge in [0.25, 0.3) is 5.91 Å². The molecule has 0 radical (unpaired) electrons. The van der Waals surface area contributed by atoms with Crippen LogP contribution in [0.3, 0.4) is 0 Å². The fourth-order valence-corrected chi connectivity index (χ4v) is 2.08. The molecule has 1 amide bonds. The molecule has 110 valence electrons. The zero-order chi connectivity index (χ0) is 15.6. The molecule has 0 bridgehead atoms. The van der Waals surface area contributed by atoms with Crippen LogP contribution in [-0.4, -0.2) is 27.1 Å². The maximum atomic E-state index is 13.0. The number of amides is 1.